The first-order chi connectivity index (χ1) is 12.6. The SMILES string of the molecule is O=C1[C@@H]2[C@@H](C(=O)N1/N=C/c1c(O)ccc3ccccc13)[C@H]1C=C[C@@H]2CC1. The molecular weight excluding hydrogens is 328 g/mol. The van der Waals surface area contributed by atoms with Crippen LogP contribution in [0.15, 0.2) is 53.7 Å². The highest BCUT2D eigenvalue weighted by molar-refractivity contribution is 6.08. The second-order valence-electron chi connectivity index (χ2n) is 7.29. The lowest BCUT2D eigenvalue weighted by atomic mass is 9.63. The Bertz CT molecular complexity index is 962. The largest absolute Gasteiger partial charge is 0.507 e. The number of amides is 2. The van der Waals surface area contributed by atoms with Crippen LogP contribution in [0.1, 0.15) is 18.4 Å². The number of carbonyl (C=O) groups is 2. The number of aromatic hydroxyl groups is 1. The second kappa shape index (κ2) is 5.53. The number of hydrogen-bond acceptors (Lipinski definition) is 4. The molecule has 4 atom stereocenters. The van der Waals surface area contributed by atoms with Gasteiger partial charge in [0.25, 0.3) is 11.8 Å². The number of benzene rings is 2. The van der Waals surface area contributed by atoms with Gasteiger partial charge >= 0.3 is 0 Å². The predicted molar refractivity (Wildman–Crippen MR) is 97.4 cm³/mol. The summed E-state index contributed by atoms with van der Waals surface area (Å²) in [6.07, 6.45) is 7.53. The van der Waals surface area contributed by atoms with Crippen molar-refractivity contribution in [3.63, 3.8) is 0 Å². The number of allylic oxidation sites excluding steroid dienone is 2. The molecule has 5 heteroatoms. The highest BCUT2D eigenvalue weighted by Crippen LogP contribution is 2.49. The van der Waals surface area contributed by atoms with Crippen molar-refractivity contribution in [1.29, 1.82) is 0 Å². The van der Waals surface area contributed by atoms with Crippen molar-refractivity contribution in [3.05, 3.63) is 54.1 Å². The summed E-state index contributed by atoms with van der Waals surface area (Å²) >= 11 is 0. The van der Waals surface area contributed by atoms with Gasteiger partial charge in [-0.05, 0) is 41.5 Å². The van der Waals surface area contributed by atoms with E-state index in [0.29, 0.717) is 5.56 Å². The van der Waals surface area contributed by atoms with E-state index in [-0.39, 0.29) is 41.2 Å². The molecule has 1 N–H and O–H groups in total. The zero-order valence-electron chi connectivity index (χ0n) is 14.1. The molecule has 1 saturated heterocycles. The first-order valence-electron chi connectivity index (χ1n) is 8.96. The minimum Gasteiger partial charge on any atom is -0.507 e. The number of phenols is 1. The van der Waals surface area contributed by atoms with E-state index in [9.17, 15) is 14.7 Å². The van der Waals surface area contributed by atoms with E-state index < -0.39 is 0 Å². The van der Waals surface area contributed by atoms with Crippen molar-refractivity contribution in [2.75, 3.05) is 0 Å². The molecule has 2 fully saturated rings. The molecule has 1 heterocycles. The Balaban J connectivity index is 1.52. The number of carbonyl (C=O) groups excluding carboxylic acids is 2. The molecule has 4 aliphatic rings. The van der Waals surface area contributed by atoms with Gasteiger partial charge < -0.3 is 5.11 Å². The van der Waals surface area contributed by atoms with Crippen molar-refractivity contribution < 1.29 is 14.7 Å². The van der Waals surface area contributed by atoms with Crippen molar-refractivity contribution >= 4 is 28.8 Å². The van der Waals surface area contributed by atoms with E-state index in [1.54, 1.807) is 6.07 Å². The maximum Gasteiger partial charge on any atom is 0.254 e. The number of fused-ring (bicyclic) bond motifs is 2. The average molecular weight is 346 g/mol. The van der Waals surface area contributed by atoms with Gasteiger partial charge in [-0.15, -0.1) is 0 Å². The molecule has 5 nitrogen and oxygen atoms in total. The fourth-order valence-corrected chi connectivity index (χ4v) is 4.71. The van der Waals surface area contributed by atoms with Gasteiger partial charge in [-0.1, -0.05) is 42.5 Å². The molecule has 3 aliphatic carbocycles. The summed E-state index contributed by atoms with van der Waals surface area (Å²) in [6.45, 7) is 0. The minimum atomic E-state index is -0.274. The van der Waals surface area contributed by atoms with E-state index in [1.165, 1.54) is 6.21 Å². The Morgan fingerprint density at radius 3 is 2.27 bits per heavy atom. The molecule has 2 aromatic carbocycles. The van der Waals surface area contributed by atoms with Gasteiger partial charge in [-0.2, -0.15) is 10.1 Å². The lowest BCUT2D eigenvalue weighted by molar-refractivity contribution is -0.140. The molecule has 1 saturated carbocycles. The molecule has 2 amide bonds. The van der Waals surface area contributed by atoms with Crippen LogP contribution < -0.4 is 0 Å². The van der Waals surface area contributed by atoms with Crippen LogP contribution in [0.3, 0.4) is 0 Å². The monoisotopic (exact) mass is 346 g/mol. The molecule has 0 spiro atoms. The van der Waals surface area contributed by atoms with Crippen LogP contribution in [0, 0.1) is 23.7 Å². The van der Waals surface area contributed by atoms with Crippen LogP contribution in [0.2, 0.25) is 0 Å². The third kappa shape index (κ3) is 2.06. The molecular formula is C21H18N2O3. The number of imide groups is 1. The second-order valence-corrected chi connectivity index (χ2v) is 7.29. The Labute approximate surface area is 150 Å². The van der Waals surface area contributed by atoms with Gasteiger partial charge in [-0.25, -0.2) is 0 Å². The fourth-order valence-electron chi connectivity index (χ4n) is 4.71. The molecule has 6 rings (SSSR count). The van der Waals surface area contributed by atoms with Gasteiger partial charge in [-0.3, -0.25) is 9.59 Å². The number of hydrogen-bond donors (Lipinski definition) is 1. The topological polar surface area (TPSA) is 70.0 Å². The molecule has 2 aromatic rings. The Hall–Kier alpha value is -2.95. The molecule has 130 valence electrons. The zero-order valence-corrected chi connectivity index (χ0v) is 14.1. The van der Waals surface area contributed by atoms with Gasteiger partial charge in [0.05, 0.1) is 18.1 Å². The normalized spacial score (nSPS) is 29.9. The van der Waals surface area contributed by atoms with E-state index in [2.05, 4.69) is 17.3 Å². The summed E-state index contributed by atoms with van der Waals surface area (Å²) in [4.78, 5) is 25.6. The summed E-state index contributed by atoms with van der Waals surface area (Å²) in [5, 5.41) is 17.2. The first kappa shape index (κ1) is 15.3. The van der Waals surface area contributed by atoms with E-state index >= 15 is 0 Å². The smallest absolute Gasteiger partial charge is 0.254 e. The Morgan fingerprint density at radius 2 is 1.62 bits per heavy atom. The maximum atomic E-state index is 12.8. The van der Waals surface area contributed by atoms with E-state index in [4.69, 9.17) is 0 Å². The van der Waals surface area contributed by atoms with Crippen LogP contribution in [0.25, 0.3) is 10.8 Å². The van der Waals surface area contributed by atoms with Crippen LogP contribution in [-0.2, 0) is 9.59 Å². The van der Waals surface area contributed by atoms with Crippen LogP contribution in [-0.4, -0.2) is 28.1 Å². The molecule has 26 heavy (non-hydrogen) atoms. The standard InChI is InChI=1S/C21H18N2O3/c24-17-10-9-12-3-1-2-4-15(12)16(17)11-22-23-20(25)18-13-5-6-14(8-7-13)19(18)21(23)26/h1-6,9-11,13-14,18-19,24H,7-8H2/b22-11+/t13-,14+,18-,19-/m0/s1. The van der Waals surface area contributed by atoms with Gasteiger partial charge in [0, 0.05) is 5.56 Å². The van der Waals surface area contributed by atoms with Gasteiger partial charge in [0.2, 0.25) is 0 Å². The zero-order chi connectivity index (χ0) is 17.8. The summed E-state index contributed by atoms with van der Waals surface area (Å²) in [5.74, 6) is -0.606. The van der Waals surface area contributed by atoms with E-state index in [1.807, 2.05) is 30.3 Å². The highest BCUT2D eigenvalue weighted by atomic mass is 16.3. The summed E-state index contributed by atoms with van der Waals surface area (Å²) < 4.78 is 0. The maximum absolute atomic E-state index is 12.8. The third-order valence-corrected chi connectivity index (χ3v) is 5.99. The fraction of sp³-hybridized carbons (Fsp3) is 0.286. The first-order valence-corrected chi connectivity index (χ1v) is 8.96. The number of hydrazone groups is 1. The molecule has 2 bridgehead atoms. The quantitative estimate of drug-likeness (QED) is 0.516. The summed E-state index contributed by atoms with van der Waals surface area (Å²) in [6, 6.07) is 11.0. The van der Waals surface area contributed by atoms with E-state index in [0.717, 1.165) is 28.6 Å². The molecule has 1 aliphatic heterocycles. The lowest BCUT2D eigenvalue weighted by Crippen LogP contribution is -2.38. The molecule has 0 radical (unpaired) electrons. The van der Waals surface area contributed by atoms with Crippen molar-refractivity contribution in [1.82, 2.24) is 5.01 Å². The van der Waals surface area contributed by atoms with Crippen LogP contribution in [0.5, 0.6) is 5.75 Å². The van der Waals surface area contributed by atoms with Gasteiger partial charge in [0.1, 0.15) is 5.75 Å². The molecule has 0 aromatic heterocycles. The minimum absolute atomic E-state index is 0.0747. The number of nitrogens with zero attached hydrogens (tertiary/aromatic N) is 2. The van der Waals surface area contributed by atoms with Crippen LogP contribution >= 0.6 is 0 Å². The van der Waals surface area contributed by atoms with Crippen molar-refractivity contribution in [2.24, 2.45) is 28.8 Å². The van der Waals surface area contributed by atoms with Gasteiger partial charge in [0.15, 0.2) is 0 Å². The Kier molecular flexibility index (Phi) is 3.26. The lowest BCUT2D eigenvalue weighted by Gasteiger charge is -2.37. The predicted octanol–water partition coefficient (Wildman–Crippen LogP) is 3.08. The number of phenolic OH excluding ortho intramolecular Hbond substituents is 1. The van der Waals surface area contributed by atoms with Crippen molar-refractivity contribution in [3.8, 4) is 5.75 Å². The molecule has 0 unspecified atom stereocenters. The highest BCUT2D eigenvalue weighted by Gasteiger charge is 2.56. The average Bonchev–Trinajstić information content (AvgIpc) is 2.95. The Morgan fingerprint density at radius 1 is 0.962 bits per heavy atom. The summed E-state index contributed by atoms with van der Waals surface area (Å²) in [7, 11) is 0. The van der Waals surface area contributed by atoms with Crippen molar-refractivity contribution in [2.45, 2.75) is 12.8 Å². The van der Waals surface area contributed by atoms with Crippen LogP contribution in [0.4, 0.5) is 0 Å². The number of rotatable bonds is 2. The summed E-state index contributed by atoms with van der Waals surface area (Å²) in [5.41, 5.74) is 0.514. The third-order valence-electron chi connectivity index (χ3n) is 5.99.